The van der Waals surface area contributed by atoms with Crippen molar-refractivity contribution in [1.29, 1.82) is 0 Å². The van der Waals surface area contributed by atoms with Crippen LogP contribution in [0.2, 0.25) is 0 Å². The molecule has 1 aromatic rings. The van der Waals surface area contributed by atoms with E-state index in [9.17, 15) is 13.2 Å². The van der Waals surface area contributed by atoms with Gasteiger partial charge >= 0.3 is 0 Å². The first kappa shape index (κ1) is 16.7. The van der Waals surface area contributed by atoms with E-state index in [0.29, 0.717) is 6.54 Å². The molecular formula is C14H22N2O3S. The van der Waals surface area contributed by atoms with Crippen LogP contribution in [-0.4, -0.2) is 45.0 Å². The topological polar surface area (TPSA) is 57.7 Å². The molecule has 0 aliphatic carbocycles. The Hall–Kier alpha value is -1.40. The van der Waals surface area contributed by atoms with Crippen LogP contribution in [0.3, 0.4) is 0 Å². The monoisotopic (exact) mass is 298 g/mol. The van der Waals surface area contributed by atoms with Crippen LogP contribution in [-0.2, 0) is 14.8 Å². The lowest BCUT2D eigenvalue weighted by molar-refractivity contribution is -0.118. The molecule has 0 bridgehead atoms. The quantitative estimate of drug-likeness (QED) is 0.770. The van der Waals surface area contributed by atoms with Crippen molar-refractivity contribution in [3.05, 3.63) is 30.3 Å². The maximum absolute atomic E-state index is 12.3. The highest BCUT2D eigenvalue weighted by molar-refractivity contribution is 7.88. The molecule has 0 saturated carbocycles. The second-order valence-corrected chi connectivity index (χ2v) is 6.84. The third-order valence-corrected chi connectivity index (χ3v) is 4.29. The summed E-state index contributed by atoms with van der Waals surface area (Å²) in [7, 11) is -1.94. The molecule has 0 spiro atoms. The minimum atomic E-state index is -3.35. The Labute approximate surface area is 121 Å². The van der Waals surface area contributed by atoms with Crippen molar-refractivity contribution >= 4 is 21.6 Å². The van der Waals surface area contributed by atoms with Gasteiger partial charge in [-0.25, -0.2) is 8.42 Å². The summed E-state index contributed by atoms with van der Waals surface area (Å²) in [6.45, 7) is 2.50. The van der Waals surface area contributed by atoms with E-state index in [-0.39, 0.29) is 12.5 Å². The fraction of sp³-hybridized carbons (Fsp3) is 0.500. The molecule has 0 N–H and O–H groups in total. The highest BCUT2D eigenvalue weighted by Gasteiger charge is 2.20. The van der Waals surface area contributed by atoms with Crippen molar-refractivity contribution in [2.75, 3.05) is 31.3 Å². The van der Waals surface area contributed by atoms with Gasteiger partial charge in [0.2, 0.25) is 15.9 Å². The predicted octanol–water partition coefficient (Wildman–Crippen LogP) is 1.71. The molecule has 112 valence electrons. The number of amides is 1. The molecule has 0 fully saturated rings. The van der Waals surface area contributed by atoms with Crippen molar-refractivity contribution in [1.82, 2.24) is 4.31 Å². The van der Waals surface area contributed by atoms with Crippen LogP contribution in [0.15, 0.2) is 30.3 Å². The third kappa shape index (κ3) is 4.94. The maximum atomic E-state index is 12.3. The zero-order chi connectivity index (χ0) is 15.2. The first-order valence-corrected chi connectivity index (χ1v) is 8.47. The summed E-state index contributed by atoms with van der Waals surface area (Å²) in [5.41, 5.74) is 0.799. The second kappa shape index (κ2) is 7.40. The van der Waals surface area contributed by atoms with E-state index in [2.05, 4.69) is 6.92 Å². The summed E-state index contributed by atoms with van der Waals surface area (Å²) in [5, 5.41) is 0. The van der Waals surface area contributed by atoms with Crippen LogP contribution in [0, 0.1) is 0 Å². The molecule has 1 aromatic carbocycles. The van der Waals surface area contributed by atoms with Gasteiger partial charge in [0.25, 0.3) is 0 Å². The van der Waals surface area contributed by atoms with Gasteiger partial charge in [-0.3, -0.25) is 4.79 Å². The molecule has 0 saturated heterocycles. The molecule has 0 radical (unpaired) electrons. The van der Waals surface area contributed by atoms with Crippen LogP contribution in [0.25, 0.3) is 0 Å². The molecule has 0 heterocycles. The third-order valence-electron chi connectivity index (χ3n) is 3.03. The van der Waals surface area contributed by atoms with Crippen LogP contribution in [0.5, 0.6) is 0 Å². The summed E-state index contributed by atoms with van der Waals surface area (Å²) in [4.78, 5) is 14.0. The fourth-order valence-electron chi connectivity index (χ4n) is 1.72. The largest absolute Gasteiger partial charge is 0.311 e. The van der Waals surface area contributed by atoms with E-state index in [1.807, 2.05) is 30.3 Å². The highest BCUT2D eigenvalue weighted by Crippen LogP contribution is 2.15. The standard InChI is InChI=1S/C14H22N2O3S/c1-4-5-11-16(13-9-7-6-8-10-13)14(17)12-15(2)20(3,18)19/h6-10H,4-5,11-12H2,1-3H3. The number of rotatable bonds is 7. The van der Waals surface area contributed by atoms with E-state index in [1.165, 1.54) is 7.05 Å². The van der Waals surface area contributed by atoms with Gasteiger partial charge in [0, 0.05) is 19.3 Å². The normalized spacial score (nSPS) is 11.6. The lowest BCUT2D eigenvalue weighted by atomic mass is 10.2. The van der Waals surface area contributed by atoms with E-state index >= 15 is 0 Å². The summed E-state index contributed by atoms with van der Waals surface area (Å²) >= 11 is 0. The van der Waals surface area contributed by atoms with Crippen molar-refractivity contribution in [3.8, 4) is 0 Å². The minimum absolute atomic E-state index is 0.141. The van der Waals surface area contributed by atoms with Gasteiger partial charge in [-0.2, -0.15) is 4.31 Å². The first-order chi connectivity index (χ1) is 9.36. The Morgan fingerprint density at radius 3 is 2.30 bits per heavy atom. The average molecular weight is 298 g/mol. The zero-order valence-electron chi connectivity index (χ0n) is 12.2. The van der Waals surface area contributed by atoms with E-state index in [4.69, 9.17) is 0 Å². The van der Waals surface area contributed by atoms with Crippen LogP contribution in [0.1, 0.15) is 19.8 Å². The van der Waals surface area contributed by atoms with Gasteiger partial charge in [0.15, 0.2) is 0 Å². The molecule has 0 aromatic heterocycles. The van der Waals surface area contributed by atoms with Gasteiger partial charge in [0.1, 0.15) is 0 Å². The number of hydrogen-bond donors (Lipinski definition) is 0. The number of sulfonamides is 1. The molecule has 5 nitrogen and oxygen atoms in total. The zero-order valence-corrected chi connectivity index (χ0v) is 13.1. The summed E-state index contributed by atoms with van der Waals surface area (Å²) in [6, 6.07) is 9.32. The molecular weight excluding hydrogens is 276 g/mol. The van der Waals surface area contributed by atoms with Crippen molar-refractivity contribution in [2.24, 2.45) is 0 Å². The predicted molar refractivity (Wildman–Crippen MR) is 81.2 cm³/mol. The molecule has 20 heavy (non-hydrogen) atoms. The number of anilines is 1. The van der Waals surface area contributed by atoms with E-state index < -0.39 is 10.0 Å². The van der Waals surface area contributed by atoms with Gasteiger partial charge in [-0.05, 0) is 18.6 Å². The highest BCUT2D eigenvalue weighted by atomic mass is 32.2. The number of likely N-dealkylation sites (N-methyl/N-ethyl adjacent to an activating group) is 1. The Morgan fingerprint density at radius 1 is 1.20 bits per heavy atom. The van der Waals surface area contributed by atoms with Gasteiger partial charge < -0.3 is 4.90 Å². The summed E-state index contributed by atoms with van der Waals surface area (Å²) in [6.07, 6.45) is 2.95. The number of benzene rings is 1. The average Bonchev–Trinajstić information content (AvgIpc) is 2.39. The Balaban J connectivity index is 2.86. The number of nitrogens with zero attached hydrogens (tertiary/aromatic N) is 2. The maximum Gasteiger partial charge on any atom is 0.242 e. The second-order valence-electron chi connectivity index (χ2n) is 4.75. The molecule has 0 unspecified atom stereocenters. The van der Waals surface area contributed by atoms with Crippen molar-refractivity contribution < 1.29 is 13.2 Å². The Kier molecular flexibility index (Phi) is 6.16. The summed E-state index contributed by atoms with van der Waals surface area (Å²) < 4.78 is 23.9. The summed E-state index contributed by atoms with van der Waals surface area (Å²) in [5.74, 6) is -0.211. The molecule has 0 aliphatic rings. The van der Waals surface area contributed by atoms with Gasteiger partial charge in [-0.15, -0.1) is 0 Å². The van der Waals surface area contributed by atoms with Crippen LogP contribution in [0.4, 0.5) is 5.69 Å². The number of carbonyl (C=O) groups is 1. The van der Waals surface area contributed by atoms with Gasteiger partial charge in [-0.1, -0.05) is 31.5 Å². The van der Waals surface area contributed by atoms with Gasteiger partial charge in [0.05, 0.1) is 12.8 Å². The van der Waals surface area contributed by atoms with Crippen molar-refractivity contribution in [2.45, 2.75) is 19.8 Å². The smallest absolute Gasteiger partial charge is 0.242 e. The van der Waals surface area contributed by atoms with E-state index in [0.717, 1.165) is 29.1 Å². The molecule has 1 rings (SSSR count). The number of para-hydroxylation sites is 1. The molecule has 1 amide bonds. The van der Waals surface area contributed by atoms with Crippen LogP contribution >= 0.6 is 0 Å². The van der Waals surface area contributed by atoms with Crippen molar-refractivity contribution in [3.63, 3.8) is 0 Å². The Bertz CT molecular complexity index is 529. The first-order valence-electron chi connectivity index (χ1n) is 6.63. The fourth-order valence-corrected chi connectivity index (χ4v) is 2.06. The molecule has 6 heteroatoms. The number of hydrogen-bond acceptors (Lipinski definition) is 3. The molecule has 0 aliphatic heterocycles. The molecule has 0 atom stereocenters. The SMILES string of the molecule is CCCCN(C(=O)CN(C)S(C)(=O)=O)c1ccccc1. The Morgan fingerprint density at radius 2 is 1.80 bits per heavy atom. The lowest BCUT2D eigenvalue weighted by Gasteiger charge is -2.25. The van der Waals surface area contributed by atoms with Crippen LogP contribution < -0.4 is 4.90 Å². The number of unbranched alkanes of at least 4 members (excludes halogenated alkanes) is 1. The lowest BCUT2D eigenvalue weighted by Crippen LogP contribution is -2.41. The van der Waals surface area contributed by atoms with E-state index in [1.54, 1.807) is 4.90 Å². The number of carbonyl (C=O) groups excluding carboxylic acids is 1. The minimum Gasteiger partial charge on any atom is -0.311 e.